The monoisotopic (exact) mass is 116 g/mol. The van der Waals surface area contributed by atoms with E-state index in [1.165, 1.54) is 0 Å². The Kier molecular flexibility index (Phi) is 31.6. The van der Waals surface area contributed by atoms with Gasteiger partial charge in [-0.3, -0.25) is 0 Å². The zero-order chi connectivity index (χ0) is 4.83. The lowest BCUT2D eigenvalue weighted by Crippen LogP contribution is -1.60. The Balaban J connectivity index is -0.000000125. The molecular weight excluding hydrogens is 100 g/mol. The first kappa shape index (κ1) is 15.7. The first-order chi connectivity index (χ1) is 2.91. The van der Waals surface area contributed by atoms with Gasteiger partial charge in [-0.1, -0.05) is 14.9 Å². The van der Waals surface area contributed by atoms with Crippen molar-refractivity contribution in [3.8, 4) is 0 Å². The van der Waals surface area contributed by atoms with Crippen LogP contribution >= 0.6 is 0 Å². The highest BCUT2D eigenvalue weighted by Gasteiger charge is 1.52. The van der Waals surface area contributed by atoms with Gasteiger partial charge in [0, 0.05) is 13.6 Å². The van der Waals surface area contributed by atoms with Crippen molar-refractivity contribution < 1.29 is 0 Å². The largest absolute Gasteiger partial charge is 0.229 e. The third kappa shape index (κ3) is 18.2. The smallest absolute Gasteiger partial charge is 0.0889 e. The van der Waals surface area contributed by atoms with Crippen LogP contribution in [0.25, 0.3) is 0 Å². The van der Waals surface area contributed by atoms with E-state index in [2.05, 4.69) is 16.0 Å². The molecule has 0 amide bonds. The lowest BCUT2D eigenvalue weighted by atomic mass is 10.8. The van der Waals surface area contributed by atoms with Gasteiger partial charge in [-0.2, -0.15) is 0 Å². The van der Waals surface area contributed by atoms with Crippen LogP contribution in [0.2, 0.25) is 0 Å². The van der Waals surface area contributed by atoms with Gasteiger partial charge in [0.1, 0.15) is 0 Å². The van der Waals surface area contributed by atoms with E-state index >= 15 is 0 Å². The predicted octanol–water partition coefficient (Wildman–Crippen LogP) is 2.08. The molecule has 0 N–H and O–H groups in total. The Hall–Kier alpha value is -0.620. The minimum absolute atomic E-state index is 0. The second-order valence-corrected chi connectivity index (χ2v) is 0.798. The minimum atomic E-state index is 0. The van der Waals surface area contributed by atoms with Gasteiger partial charge in [-0.15, -0.1) is 0 Å². The molecule has 8 heavy (non-hydrogen) atoms. The maximum absolute atomic E-state index is 3.67. The average molecular weight is 116 g/mol. The molecule has 0 rings (SSSR count). The predicted molar refractivity (Wildman–Crippen MR) is 39.8 cm³/mol. The molecule has 2 nitrogen and oxygen atoms in total. The molecule has 0 unspecified atom stereocenters. The van der Waals surface area contributed by atoms with E-state index in [1.807, 2.05) is 6.92 Å². The third-order valence-corrected chi connectivity index (χ3v) is 0.329. The maximum atomic E-state index is 3.67. The van der Waals surface area contributed by atoms with Crippen LogP contribution in [0, 0.1) is 0 Å². The van der Waals surface area contributed by atoms with Crippen molar-refractivity contribution >= 4 is 6.01 Å². The zero-order valence-electron chi connectivity index (χ0n) is 4.10. The number of hydrogen-bond donors (Lipinski definition) is 0. The fourth-order valence-electron chi connectivity index (χ4n) is 0.141. The lowest BCUT2D eigenvalue weighted by Gasteiger charge is -1.63. The van der Waals surface area contributed by atoms with Crippen LogP contribution in [-0.4, -0.2) is 19.6 Å². The highest BCUT2D eigenvalue weighted by Crippen LogP contribution is 1.56. The summed E-state index contributed by atoms with van der Waals surface area (Å²) in [7, 11) is 1.65. The summed E-state index contributed by atoms with van der Waals surface area (Å²) in [6, 6.07) is 2.45. The van der Waals surface area contributed by atoms with Gasteiger partial charge in [0.2, 0.25) is 0 Å². The van der Waals surface area contributed by atoms with Crippen molar-refractivity contribution in [3.05, 3.63) is 0 Å². The summed E-state index contributed by atoms with van der Waals surface area (Å²) in [5.41, 5.74) is 0. The van der Waals surface area contributed by atoms with Crippen molar-refractivity contribution in [1.82, 2.24) is 0 Å². The quantitative estimate of drug-likeness (QED) is 0.469. The maximum Gasteiger partial charge on any atom is 0.0889 e. The lowest BCUT2D eigenvalue weighted by molar-refractivity contribution is 1.14. The van der Waals surface area contributed by atoms with Crippen molar-refractivity contribution in [3.63, 3.8) is 0 Å². The van der Waals surface area contributed by atoms with Crippen LogP contribution in [0.3, 0.4) is 0 Å². The van der Waals surface area contributed by atoms with E-state index in [0.717, 1.165) is 6.54 Å². The highest BCUT2D eigenvalue weighted by atomic mass is 14.8. The second kappa shape index (κ2) is 16.2. The number of rotatable bonds is 1. The molecule has 0 heterocycles. The summed E-state index contributed by atoms with van der Waals surface area (Å²) in [5.74, 6) is 0. The first-order valence-electron chi connectivity index (χ1n) is 1.92. The van der Waals surface area contributed by atoms with Crippen LogP contribution < -0.4 is 0 Å². The van der Waals surface area contributed by atoms with E-state index in [0.29, 0.717) is 0 Å². The normalized spacial score (nSPS) is 4.75. The van der Waals surface area contributed by atoms with Crippen LogP contribution in [0.15, 0.2) is 9.98 Å². The fourth-order valence-corrected chi connectivity index (χ4v) is 0.141. The van der Waals surface area contributed by atoms with Gasteiger partial charge in [-0.25, -0.2) is 9.98 Å². The molecule has 0 aliphatic rings. The van der Waals surface area contributed by atoms with Gasteiger partial charge >= 0.3 is 0 Å². The van der Waals surface area contributed by atoms with Crippen LogP contribution in [0.1, 0.15) is 21.8 Å². The summed E-state index contributed by atoms with van der Waals surface area (Å²) in [5, 5.41) is 0. The first-order valence-corrected chi connectivity index (χ1v) is 1.92. The summed E-state index contributed by atoms with van der Waals surface area (Å²) < 4.78 is 0. The van der Waals surface area contributed by atoms with E-state index < -0.39 is 0 Å². The van der Waals surface area contributed by atoms with Crippen LogP contribution in [0.5, 0.6) is 0 Å². The molecule has 0 atom stereocenters. The van der Waals surface area contributed by atoms with Gasteiger partial charge < -0.3 is 0 Å². The van der Waals surface area contributed by atoms with Gasteiger partial charge in [0.05, 0.1) is 6.01 Å². The topological polar surface area (TPSA) is 24.7 Å². The van der Waals surface area contributed by atoms with Crippen molar-refractivity contribution in [2.75, 3.05) is 13.6 Å². The molecule has 0 saturated heterocycles. The van der Waals surface area contributed by atoms with Crippen molar-refractivity contribution in [2.45, 2.75) is 21.8 Å². The van der Waals surface area contributed by atoms with Gasteiger partial charge in [0.25, 0.3) is 0 Å². The molecule has 2 heteroatoms. The van der Waals surface area contributed by atoms with E-state index in [4.69, 9.17) is 0 Å². The molecule has 0 aromatic rings. The average Bonchev–Trinajstić information content (AvgIpc) is 1.61. The molecule has 0 aromatic heterocycles. The van der Waals surface area contributed by atoms with Crippen molar-refractivity contribution in [1.29, 1.82) is 0 Å². The Morgan fingerprint density at radius 3 is 2.00 bits per heavy atom. The van der Waals surface area contributed by atoms with Crippen LogP contribution in [-0.2, 0) is 0 Å². The Labute approximate surface area is 52.4 Å². The number of aliphatic imine (C=N–C) groups is 2. The Bertz CT molecular complexity index is 70.6. The molecule has 0 aliphatic carbocycles. The summed E-state index contributed by atoms with van der Waals surface area (Å²) >= 11 is 0. The number of hydrogen-bond acceptors (Lipinski definition) is 2. The molecule has 0 radical (unpaired) electrons. The number of nitrogens with zero attached hydrogens (tertiary/aromatic N) is 2. The van der Waals surface area contributed by atoms with E-state index in [9.17, 15) is 0 Å². The standard InChI is InChI=1S/C4H8N2.2CH4/c1-3-6-4-5-2;;/h3H2,1-2H3;2*1H4. The second-order valence-electron chi connectivity index (χ2n) is 0.798. The third-order valence-electron chi connectivity index (χ3n) is 0.329. The summed E-state index contributed by atoms with van der Waals surface area (Å²) in [6.45, 7) is 2.72. The summed E-state index contributed by atoms with van der Waals surface area (Å²) in [6.07, 6.45) is 0. The Morgan fingerprint density at radius 1 is 1.38 bits per heavy atom. The molecule has 50 valence electrons. The SMILES string of the molecule is C.C.CCN=C=NC. The van der Waals surface area contributed by atoms with Crippen LogP contribution in [0.4, 0.5) is 0 Å². The van der Waals surface area contributed by atoms with E-state index in [1.54, 1.807) is 7.05 Å². The molecule has 0 spiro atoms. The van der Waals surface area contributed by atoms with Gasteiger partial charge in [0.15, 0.2) is 0 Å². The Morgan fingerprint density at radius 2 is 1.88 bits per heavy atom. The molecule has 0 aliphatic heterocycles. The van der Waals surface area contributed by atoms with Gasteiger partial charge in [-0.05, 0) is 6.92 Å². The molecule has 0 aromatic carbocycles. The zero-order valence-corrected chi connectivity index (χ0v) is 4.10. The summed E-state index contributed by atoms with van der Waals surface area (Å²) in [4.78, 5) is 7.18. The van der Waals surface area contributed by atoms with Crippen molar-refractivity contribution in [2.24, 2.45) is 9.98 Å². The molecule has 0 bridgehead atoms. The molecule has 0 fully saturated rings. The minimum Gasteiger partial charge on any atom is -0.229 e. The van der Waals surface area contributed by atoms with E-state index in [-0.39, 0.29) is 14.9 Å². The molecule has 0 saturated carbocycles. The fraction of sp³-hybridized carbons (Fsp3) is 0.833. The highest BCUT2D eigenvalue weighted by molar-refractivity contribution is 5.40. The molecular formula is C6H16N2.